The van der Waals surface area contributed by atoms with Gasteiger partial charge in [-0.3, -0.25) is 19.1 Å². The summed E-state index contributed by atoms with van der Waals surface area (Å²) >= 11 is 0. The summed E-state index contributed by atoms with van der Waals surface area (Å²) in [5.74, 6) is 0.139. The zero-order chi connectivity index (χ0) is 19.6. The van der Waals surface area contributed by atoms with Crippen LogP contribution in [-0.2, 0) is 6.54 Å². The molecule has 3 aromatic rings. The smallest absolute Gasteiger partial charge is 0.329 e. The van der Waals surface area contributed by atoms with E-state index < -0.39 is 17.2 Å². The highest BCUT2D eigenvalue weighted by molar-refractivity contribution is 6.07. The Hall–Kier alpha value is -3.42. The number of hydrogen-bond donors (Lipinski definition) is 2. The summed E-state index contributed by atoms with van der Waals surface area (Å²) in [6, 6.07) is 8.55. The molecule has 0 saturated carbocycles. The molecule has 0 aliphatic heterocycles. The molecule has 2 heterocycles. The summed E-state index contributed by atoms with van der Waals surface area (Å²) in [6.07, 6.45) is 0. The number of hydrogen-bond acceptors (Lipinski definition) is 5. The largest absolute Gasteiger partial charge is 0.492 e. The molecule has 0 aliphatic carbocycles. The Labute approximate surface area is 154 Å². The number of carbonyl (C=O) groups excluding carboxylic acids is 1. The molecule has 0 radical (unpaired) electrons. The van der Waals surface area contributed by atoms with E-state index in [2.05, 4.69) is 15.3 Å². The van der Waals surface area contributed by atoms with Gasteiger partial charge < -0.3 is 10.1 Å². The van der Waals surface area contributed by atoms with Gasteiger partial charge in [-0.2, -0.15) is 0 Å². The van der Waals surface area contributed by atoms with Gasteiger partial charge >= 0.3 is 5.69 Å². The Morgan fingerprint density at radius 2 is 2.00 bits per heavy atom. The Morgan fingerprint density at radius 1 is 1.26 bits per heavy atom. The van der Waals surface area contributed by atoms with E-state index in [-0.39, 0.29) is 16.6 Å². The summed E-state index contributed by atoms with van der Waals surface area (Å²) < 4.78 is 6.87. The first-order valence-corrected chi connectivity index (χ1v) is 8.63. The van der Waals surface area contributed by atoms with Gasteiger partial charge in [0.25, 0.3) is 11.5 Å². The zero-order valence-electron chi connectivity index (χ0n) is 15.3. The predicted octanol–water partition coefficient (Wildman–Crippen LogP) is 2.06. The van der Waals surface area contributed by atoms with Gasteiger partial charge in [0.05, 0.1) is 28.9 Å². The number of fused-ring (bicyclic) bond motifs is 1. The van der Waals surface area contributed by atoms with Gasteiger partial charge in [-0.15, -0.1) is 0 Å². The molecule has 1 amide bonds. The van der Waals surface area contributed by atoms with Crippen molar-refractivity contribution in [2.45, 2.75) is 27.3 Å². The van der Waals surface area contributed by atoms with Crippen LogP contribution in [0.2, 0.25) is 0 Å². The second-order valence-electron chi connectivity index (χ2n) is 5.88. The number of para-hydroxylation sites is 2. The molecule has 0 bridgehead atoms. The fourth-order valence-electron chi connectivity index (χ4n) is 2.86. The molecule has 3 rings (SSSR count). The average Bonchev–Trinajstić information content (AvgIpc) is 2.63. The summed E-state index contributed by atoms with van der Waals surface area (Å²) in [7, 11) is 0. The number of carbonyl (C=O) groups is 1. The Bertz CT molecular complexity index is 1130. The maximum Gasteiger partial charge on any atom is 0.329 e. The maximum atomic E-state index is 12.8. The number of H-pyrrole nitrogens is 1. The van der Waals surface area contributed by atoms with Gasteiger partial charge in [0, 0.05) is 6.54 Å². The number of rotatable bonds is 5. The van der Waals surface area contributed by atoms with Gasteiger partial charge in [0.1, 0.15) is 11.4 Å². The van der Waals surface area contributed by atoms with Crippen LogP contribution < -0.4 is 21.3 Å². The van der Waals surface area contributed by atoms with Crippen LogP contribution in [0.3, 0.4) is 0 Å². The van der Waals surface area contributed by atoms with Crippen molar-refractivity contribution in [1.82, 2.24) is 14.5 Å². The summed E-state index contributed by atoms with van der Waals surface area (Å²) in [6.45, 7) is 6.12. The maximum absolute atomic E-state index is 12.8. The van der Waals surface area contributed by atoms with Crippen LogP contribution in [-0.4, -0.2) is 27.0 Å². The van der Waals surface area contributed by atoms with Crippen molar-refractivity contribution in [2.24, 2.45) is 0 Å². The second kappa shape index (κ2) is 7.45. The summed E-state index contributed by atoms with van der Waals surface area (Å²) in [5, 5.41) is 2.98. The molecule has 27 heavy (non-hydrogen) atoms. The molecule has 140 valence electrons. The van der Waals surface area contributed by atoms with Gasteiger partial charge in [-0.05, 0) is 39.0 Å². The molecule has 0 saturated heterocycles. The van der Waals surface area contributed by atoms with E-state index in [1.165, 1.54) is 10.6 Å². The predicted molar refractivity (Wildman–Crippen MR) is 103 cm³/mol. The normalized spacial score (nSPS) is 10.8. The number of nitrogens with zero attached hydrogens (tertiary/aromatic N) is 2. The standard InChI is InChI=1S/C19H20N4O4/c1-4-23-16-13(18(25)22-19(23)26)10-12(11(3)20-16)17(24)21-14-8-6-7-9-15(14)27-5-2/h6-10H,4-5H2,1-3H3,(H,21,24)(H,22,25,26). The van der Waals surface area contributed by atoms with Crippen molar-refractivity contribution in [2.75, 3.05) is 11.9 Å². The Balaban J connectivity index is 2.07. The number of aromatic nitrogens is 3. The van der Waals surface area contributed by atoms with E-state index in [0.717, 1.165) is 0 Å². The van der Waals surface area contributed by atoms with Crippen LogP contribution in [0.4, 0.5) is 5.69 Å². The minimum absolute atomic E-state index is 0.185. The number of ether oxygens (including phenoxy) is 1. The number of nitrogens with one attached hydrogen (secondary N) is 2. The molecule has 8 nitrogen and oxygen atoms in total. The number of aromatic amines is 1. The van der Waals surface area contributed by atoms with Crippen molar-refractivity contribution in [1.29, 1.82) is 0 Å². The Morgan fingerprint density at radius 3 is 2.70 bits per heavy atom. The molecule has 0 fully saturated rings. The lowest BCUT2D eigenvalue weighted by molar-refractivity contribution is 0.102. The monoisotopic (exact) mass is 368 g/mol. The van der Waals surface area contributed by atoms with Gasteiger partial charge in [-0.25, -0.2) is 9.78 Å². The molecule has 2 N–H and O–H groups in total. The molecular weight excluding hydrogens is 348 g/mol. The first kappa shape index (κ1) is 18.4. The zero-order valence-corrected chi connectivity index (χ0v) is 15.3. The van der Waals surface area contributed by atoms with Crippen LogP contribution >= 0.6 is 0 Å². The van der Waals surface area contributed by atoms with Crippen molar-refractivity contribution < 1.29 is 9.53 Å². The van der Waals surface area contributed by atoms with Crippen LogP contribution in [0, 0.1) is 6.92 Å². The molecule has 0 unspecified atom stereocenters. The van der Waals surface area contributed by atoms with E-state index in [1.807, 2.05) is 13.0 Å². The van der Waals surface area contributed by atoms with Crippen LogP contribution in [0.15, 0.2) is 39.9 Å². The molecule has 0 atom stereocenters. The van der Waals surface area contributed by atoms with E-state index in [9.17, 15) is 14.4 Å². The number of aryl methyl sites for hydroxylation is 2. The third kappa shape index (κ3) is 3.46. The van der Waals surface area contributed by atoms with Crippen LogP contribution in [0.5, 0.6) is 5.75 Å². The molecular formula is C19H20N4O4. The van der Waals surface area contributed by atoms with Crippen molar-refractivity contribution in [3.05, 3.63) is 62.4 Å². The molecule has 2 aromatic heterocycles. The summed E-state index contributed by atoms with van der Waals surface area (Å²) in [5.41, 5.74) is 0.355. The Kier molecular flexibility index (Phi) is 5.07. The van der Waals surface area contributed by atoms with Crippen LogP contribution in [0.1, 0.15) is 29.9 Å². The van der Waals surface area contributed by atoms with Crippen molar-refractivity contribution >= 4 is 22.6 Å². The molecule has 8 heteroatoms. The highest BCUT2D eigenvalue weighted by Gasteiger charge is 2.17. The first-order valence-electron chi connectivity index (χ1n) is 8.63. The van der Waals surface area contributed by atoms with Gasteiger partial charge in [0.15, 0.2) is 0 Å². The molecule has 0 spiro atoms. The third-order valence-electron chi connectivity index (χ3n) is 4.15. The fourth-order valence-corrected chi connectivity index (χ4v) is 2.86. The SMILES string of the molecule is CCOc1ccccc1NC(=O)c1cc2c(=O)[nH]c(=O)n(CC)c2nc1C. The average molecular weight is 368 g/mol. The number of pyridine rings is 1. The number of anilines is 1. The highest BCUT2D eigenvalue weighted by atomic mass is 16.5. The number of amides is 1. The van der Waals surface area contributed by atoms with Crippen LogP contribution in [0.25, 0.3) is 11.0 Å². The number of benzene rings is 1. The third-order valence-corrected chi connectivity index (χ3v) is 4.15. The van der Waals surface area contributed by atoms with Gasteiger partial charge in [-0.1, -0.05) is 12.1 Å². The van der Waals surface area contributed by atoms with Crippen molar-refractivity contribution in [3.63, 3.8) is 0 Å². The quantitative estimate of drug-likeness (QED) is 0.717. The van der Waals surface area contributed by atoms with E-state index in [0.29, 0.717) is 30.3 Å². The second-order valence-corrected chi connectivity index (χ2v) is 5.88. The van der Waals surface area contributed by atoms with Crippen molar-refractivity contribution in [3.8, 4) is 5.75 Å². The fraction of sp³-hybridized carbons (Fsp3) is 0.263. The molecule has 0 aliphatic rings. The van der Waals surface area contributed by atoms with E-state index >= 15 is 0 Å². The summed E-state index contributed by atoms with van der Waals surface area (Å²) in [4.78, 5) is 43.5. The minimum Gasteiger partial charge on any atom is -0.492 e. The topological polar surface area (TPSA) is 106 Å². The van der Waals surface area contributed by atoms with E-state index in [1.54, 1.807) is 32.0 Å². The highest BCUT2D eigenvalue weighted by Crippen LogP contribution is 2.25. The lowest BCUT2D eigenvalue weighted by Gasteiger charge is -2.13. The lowest BCUT2D eigenvalue weighted by atomic mass is 10.1. The lowest BCUT2D eigenvalue weighted by Crippen LogP contribution is -2.31. The molecule has 1 aromatic carbocycles. The minimum atomic E-state index is -0.573. The first-order chi connectivity index (χ1) is 13.0. The van der Waals surface area contributed by atoms with Gasteiger partial charge in [0.2, 0.25) is 0 Å². The van der Waals surface area contributed by atoms with E-state index in [4.69, 9.17) is 4.74 Å².